The van der Waals surface area contributed by atoms with Crippen molar-refractivity contribution in [2.75, 3.05) is 23.9 Å². The van der Waals surface area contributed by atoms with E-state index in [2.05, 4.69) is 26.7 Å². The molecule has 0 N–H and O–H groups in total. The number of benzene rings is 1. The highest BCUT2D eigenvalue weighted by Crippen LogP contribution is 2.40. The first-order valence-electron chi connectivity index (χ1n) is 8.09. The molecule has 24 heavy (non-hydrogen) atoms. The van der Waals surface area contributed by atoms with Crippen LogP contribution in [-0.2, 0) is 20.7 Å². The molecule has 1 aliphatic heterocycles. The lowest BCUT2D eigenvalue weighted by Gasteiger charge is -2.45. The van der Waals surface area contributed by atoms with Crippen molar-refractivity contribution in [1.82, 2.24) is 0 Å². The number of nitrogens with zero attached hydrogens (tertiary/aromatic N) is 1. The highest BCUT2D eigenvalue weighted by atomic mass is 79.9. The van der Waals surface area contributed by atoms with Crippen molar-refractivity contribution in [1.29, 1.82) is 0 Å². The summed E-state index contributed by atoms with van der Waals surface area (Å²) in [7, 11) is 1.38. The van der Waals surface area contributed by atoms with Crippen LogP contribution in [0.4, 0.5) is 5.69 Å². The number of halogens is 1. The van der Waals surface area contributed by atoms with Crippen LogP contribution in [0.3, 0.4) is 0 Å². The number of methoxy groups -OCH3 is 1. The molecule has 1 atom stereocenters. The summed E-state index contributed by atoms with van der Waals surface area (Å²) in [6.45, 7) is 4.43. The monoisotopic (exact) mass is 397 g/mol. The van der Waals surface area contributed by atoms with Gasteiger partial charge in [-0.3, -0.25) is 4.79 Å². The van der Waals surface area contributed by atoms with Crippen LogP contribution >= 0.6 is 15.9 Å². The van der Waals surface area contributed by atoms with Gasteiger partial charge in [0.15, 0.2) is 0 Å². The highest BCUT2D eigenvalue weighted by Gasteiger charge is 2.41. The number of hydrogen-bond acceptors (Lipinski definition) is 5. The number of esters is 1. The molecule has 1 unspecified atom stereocenters. The van der Waals surface area contributed by atoms with E-state index < -0.39 is 11.6 Å². The van der Waals surface area contributed by atoms with Crippen molar-refractivity contribution in [2.24, 2.45) is 0 Å². The Kier molecular flexibility index (Phi) is 6.27. The quantitative estimate of drug-likeness (QED) is 0.401. The minimum atomic E-state index is -0.632. The molecule has 1 heterocycles. The zero-order valence-electron chi connectivity index (χ0n) is 14.4. The molecule has 5 nitrogen and oxygen atoms in total. The second-order valence-corrected chi connectivity index (χ2v) is 7.19. The highest BCUT2D eigenvalue weighted by molar-refractivity contribution is 9.09. The van der Waals surface area contributed by atoms with E-state index in [1.807, 2.05) is 30.9 Å². The molecule has 1 aliphatic rings. The molecule has 2 rings (SSSR count). The number of hydrogen-bond donors (Lipinski definition) is 0. The molecule has 0 aliphatic carbocycles. The van der Waals surface area contributed by atoms with Gasteiger partial charge in [0.05, 0.1) is 12.8 Å². The number of carbonyl (C=O) groups is 2. The van der Waals surface area contributed by atoms with Crippen LogP contribution in [0.1, 0.15) is 32.3 Å². The molecule has 0 aromatic heterocycles. The minimum Gasteiger partial charge on any atom is -0.483 e. The van der Waals surface area contributed by atoms with E-state index in [1.165, 1.54) is 12.7 Å². The Labute approximate surface area is 151 Å². The average Bonchev–Trinajstić information content (AvgIpc) is 2.53. The van der Waals surface area contributed by atoms with Gasteiger partial charge < -0.3 is 19.2 Å². The topological polar surface area (TPSA) is 55.8 Å². The number of aryl methyl sites for hydroxylation is 1. The van der Waals surface area contributed by atoms with Crippen molar-refractivity contribution < 1.29 is 19.1 Å². The molecule has 1 aromatic carbocycles. The number of ether oxygens (including phenoxy) is 2. The van der Waals surface area contributed by atoms with Gasteiger partial charge in [-0.15, -0.1) is 0 Å². The first-order chi connectivity index (χ1) is 11.4. The van der Waals surface area contributed by atoms with Gasteiger partial charge in [0.2, 0.25) is 0 Å². The third-order valence-electron chi connectivity index (χ3n) is 4.27. The molecule has 0 bridgehead atoms. The fraction of sp³-hybridized carbons (Fsp3) is 0.556. The number of carbonyl (C=O) groups excluding carboxylic acids is 2. The first kappa shape index (κ1) is 18.8. The predicted octanol–water partition coefficient (Wildman–Crippen LogP) is 3.12. The van der Waals surface area contributed by atoms with Crippen molar-refractivity contribution in [3.05, 3.63) is 23.8 Å². The Hall–Kier alpha value is -1.56. The Morgan fingerprint density at radius 3 is 2.83 bits per heavy atom. The molecule has 0 amide bonds. The third-order valence-corrected chi connectivity index (χ3v) is 4.67. The van der Waals surface area contributed by atoms with E-state index in [-0.39, 0.29) is 5.97 Å². The van der Waals surface area contributed by atoms with Crippen LogP contribution in [0.15, 0.2) is 18.2 Å². The van der Waals surface area contributed by atoms with Crippen LogP contribution in [-0.4, -0.2) is 42.9 Å². The normalized spacial score (nSPS) is 18.5. The Balaban J connectivity index is 2.28. The van der Waals surface area contributed by atoms with E-state index in [1.54, 1.807) is 0 Å². The molecule has 0 spiro atoms. The Bertz CT molecular complexity index is 603. The maximum atomic E-state index is 11.7. The zero-order chi connectivity index (χ0) is 17.7. The second-order valence-electron chi connectivity index (χ2n) is 6.40. The van der Waals surface area contributed by atoms with Crippen LogP contribution in [0, 0.1) is 0 Å². The van der Waals surface area contributed by atoms with Crippen LogP contribution < -0.4 is 9.64 Å². The summed E-state index contributed by atoms with van der Waals surface area (Å²) in [5, 5.41) is 0.884. The molecule has 1 aromatic rings. The second kappa shape index (κ2) is 8.01. The van der Waals surface area contributed by atoms with Crippen molar-refractivity contribution in [3.8, 4) is 5.75 Å². The molecule has 6 heteroatoms. The van der Waals surface area contributed by atoms with Crippen molar-refractivity contribution in [3.63, 3.8) is 0 Å². The van der Waals surface area contributed by atoms with E-state index in [9.17, 15) is 9.59 Å². The van der Waals surface area contributed by atoms with Gasteiger partial charge in [-0.2, -0.15) is 0 Å². The fourth-order valence-corrected chi connectivity index (χ4v) is 3.46. The van der Waals surface area contributed by atoms with Gasteiger partial charge >= 0.3 is 5.97 Å². The lowest BCUT2D eigenvalue weighted by Crippen LogP contribution is -2.57. The molecule has 0 saturated heterocycles. The molecular formula is C18H24BrNO4. The van der Waals surface area contributed by atoms with Gasteiger partial charge in [0.1, 0.15) is 23.7 Å². The van der Waals surface area contributed by atoms with Crippen LogP contribution in [0.25, 0.3) is 0 Å². The number of rotatable bonds is 7. The summed E-state index contributed by atoms with van der Waals surface area (Å²) in [5.74, 6) is 0.549. The summed E-state index contributed by atoms with van der Waals surface area (Å²) >= 11 is 3.45. The maximum Gasteiger partial charge on any atom is 0.305 e. The number of anilines is 1. The van der Waals surface area contributed by atoms with Gasteiger partial charge in [-0.1, -0.05) is 22.0 Å². The Morgan fingerprint density at radius 2 is 2.21 bits per heavy atom. The molecule has 0 fully saturated rings. The molecule has 132 valence electrons. The maximum absolute atomic E-state index is 11.7. The fourth-order valence-electron chi connectivity index (χ4n) is 3.00. The summed E-state index contributed by atoms with van der Waals surface area (Å²) < 4.78 is 10.8. The number of fused-ring (bicyclic) bond motifs is 1. The number of aldehydes is 1. The van der Waals surface area contributed by atoms with E-state index in [4.69, 9.17) is 4.74 Å². The van der Waals surface area contributed by atoms with Gasteiger partial charge in [-0.05, 0) is 44.4 Å². The van der Waals surface area contributed by atoms with Gasteiger partial charge in [0.25, 0.3) is 0 Å². The summed E-state index contributed by atoms with van der Waals surface area (Å²) in [5.41, 5.74) is 1.45. The molecule has 0 saturated carbocycles. The lowest BCUT2D eigenvalue weighted by atomic mass is 9.94. The average molecular weight is 398 g/mol. The minimum absolute atomic E-state index is 0.238. The van der Waals surface area contributed by atoms with Crippen molar-refractivity contribution >= 4 is 33.9 Å². The largest absolute Gasteiger partial charge is 0.483 e. The van der Waals surface area contributed by atoms with E-state index in [0.29, 0.717) is 19.4 Å². The number of alkyl halides is 1. The van der Waals surface area contributed by atoms with Crippen molar-refractivity contribution in [2.45, 2.75) is 44.8 Å². The van der Waals surface area contributed by atoms with Crippen LogP contribution in [0.2, 0.25) is 0 Å². The summed E-state index contributed by atoms with van der Waals surface area (Å²) in [6, 6.07) is 5.69. The van der Waals surface area contributed by atoms with E-state index >= 15 is 0 Å². The molecular weight excluding hydrogens is 374 g/mol. The Morgan fingerprint density at radius 1 is 1.46 bits per heavy atom. The van der Waals surface area contributed by atoms with Gasteiger partial charge in [-0.25, -0.2) is 0 Å². The van der Waals surface area contributed by atoms with E-state index in [0.717, 1.165) is 29.5 Å². The smallest absolute Gasteiger partial charge is 0.305 e. The summed E-state index contributed by atoms with van der Waals surface area (Å²) in [4.78, 5) is 25.1. The van der Waals surface area contributed by atoms with Crippen LogP contribution in [0.5, 0.6) is 5.75 Å². The zero-order valence-corrected chi connectivity index (χ0v) is 16.0. The standard InChI is InChI=1S/C18H24BrNO4/c1-18(2)16(12-21)20(10-4-5-17(22)23-3)14-7-6-13(8-9-19)11-15(14)24-18/h6-7,11-12,16H,4-5,8-10H2,1-3H3. The third kappa shape index (κ3) is 4.09. The predicted molar refractivity (Wildman–Crippen MR) is 97.1 cm³/mol. The van der Waals surface area contributed by atoms with Gasteiger partial charge in [0, 0.05) is 18.3 Å². The summed E-state index contributed by atoms with van der Waals surface area (Å²) in [6.07, 6.45) is 2.79. The lowest BCUT2D eigenvalue weighted by molar-refractivity contribution is -0.140. The molecule has 0 radical (unpaired) electrons. The SMILES string of the molecule is COC(=O)CCCN1c2ccc(CCBr)cc2OC(C)(C)C1C=O. The first-order valence-corrected chi connectivity index (χ1v) is 9.21.